The van der Waals surface area contributed by atoms with E-state index < -0.39 is 40.1 Å². The van der Waals surface area contributed by atoms with Crippen molar-refractivity contribution in [2.75, 3.05) is 46.2 Å². The number of carbonyl (C=O) groups is 7. The van der Waals surface area contributed by atoms with Crippen molar-refractivity contribution in [2.24, 2.45) is 28.1 Å². The molecule has 0 radical (unpaired) electrons. The molecule has 21 heteroatoms. The molecule has 1 saturated carbocycles. The Morgan fingerprint density at radius 3 is 1.48 bits per heavy atom. The van der Waals surface area contributed by atoms with Gasteiger partial charge in [0.05, 0.1) is 51.2 Å². The number of carboxylic acids is 4. The minimum Gasteiger partial charge on any atom is -0.481 e. The van der Waals surface area contributed by atoms with E-state index in [9.17, 15) is 33.6 Å². The van der Waals surface area contributed by atoms with Crippen molar-refractivity contribution in [1.82, 2.24) is 4.98 Å². The van der Waals surface area contributed by atoms with E-state index in [1.54, 1.807) is 27.7 Å². The van der Waals surface area contributed by atoms with Crippen LogP contribution >= 0.6 is 0 Å². The number of pyridine rings is 1. The summed E-state index contributed by atoms with van der Waals surface area (Å²) in [6, 6.07) is 6.56. The Hall–Kier alpha value is -5.58. The lowest BCUT2D eigenvalue weighted by molar-refractivity contribution is -0.308. The molecule has 3 rings (SSSR count). The van der Waals surface area contributed by atoms with Crippen molar-refractivity contribution in [3.8, 4) is 0 Å². The first-order chi connectivity index (χ1) is 32.4. The molecule has 1 fully saturated rings. The van der Waals surface area contributed by atoms with Gasteiger partial charge >= 0.3 is 41.8 Å². The fourth-order valence-corrected chi connectivity index (χ4v) is 5.57. The van der Waals surface area contributed by atoms with E-state index in [-0.39, 0.29) is 117 Å². The normalized spacial score (nSPS) is 14.7. The van der Waals surface area contributed by atoms with Crippen LogP contribution in [-0.4, -0.2) is 113 Å². The summed E-state index contributed by atoms with van der Waals surface area (Å²) in [5.74, 6) is -5.47. The van der Waals surface area contributed by atoms with Crippen molar-refractivity contribution in [3.63, 3.8) is 0 Å². The number of carboxylic acid groups (broad SMARTS) is 4. The maximum atomic E-state index is 11.7. The molecular weight excluding hydrogens is 911 g/mol. The Kier molecular flexibility index (Phi) is 28.1. The number of benzene rings is 1. The largest absolute Gasteiger partial charge is 0.481 e. The van der Waals surface area contributed by atoms with E-state index in [0.717, 1.165) is 19.3 Å². The average molecular weight is 982 g/mol. The molecule has 0 saturated heterocycles. The van der Waals surface area contributed by atoms with Gasteiger partial charge in [-0.3, -0.25) is 24.2 Å². The first-order valence-corrected chi connectivity index (χ1v) is 22.7. The third-order valence-electron chi connectivity index (χ3n) is 11.4. The SMILES string of the molecule is CCC(C)(C)C(=O)OCCOOCC1CCCCC1C(=O)O.CCC(C)(C)C(=O)OCCOOCc1cc(C(=O)O)ccc1C(=O)O.CCC(C)(C)C(=O)OCCOOCc1ncccc1C(=O)O. The number of aromatic carboxylic acids is 3. The summed E-state index contributed by atoms with van der Waals surface area (Å²) in [7, 11) is 0. The van der Waals surface area contributed by atoms with Gasteiger partial charge in [-0.2, -0.15) is 0 Å². The summed E-state index contributed by atoms with van der Waals surface area (Å²) in [5, 5.41) is 36.2. The van der Waals surface area contributed by atoms with Crippen LogP contribution in [0.2, 0.25) is 0 Å². The zero-order valence-electron chi connectivity index (χ0n) is 41.2. The zero-order valence-corrected chi connectivity index (χ0v) is 41.2. The number of aliphatic carboxylic acids is 1. The Morgan fingerprint density at radius 2 is 1.03 bits per heavy atom. The fourth-order valence-electron chi connectivity index (χ4n) is 5.57. The van der Waals surface area contributed by atoms with Crippen LogP contribution in [0.25, 0.3) is 0 Å². The molecule has 2 atom stereocenters. The first kappa shape index (κ1) is 61.4. The lowest BCUT2D eigenvalue weighted by atomic mass is 9.80. The molecule has 0 bridgehead atoms. The van der Waals surface area contributed by atoms with Gasteiger partial charge in [-0.15, -0.1) is 0 Å². The van der Waals surface area contributed by atoms with Crippen LogP contribution in [0.3, 0.4) is 0 Å². The smallest absolute Gasteiger partial charge is 0.337 e. The van der Waals surface area contributed by atoms with Crippen molar-refractivity contribution < 1.29 is 97.5 Å². The quantitative estimate of drug-likeness (QED) is 0.0211. The topological polar surface area (TPSA) is 296 Å². The van der Waals surface area contributed by atoms with Crippen LogP contribution in [0.4, 0.5) is 0 Å². The highest BCUT2D eigenvalue weighted by molar-refractivity contribution is 5.93. The van der Waals surface area contributed by atoms with E-state index in [2.05, 4.69) is 4.98 Å². The molecule has 1 aromatic heterocycles. The molecule has 388 valence electrons. The number of aromatic nitrogens is 1. The summed E-state index contributed by atoms with van der Waals surface area (Å²) in [4.78, 5) is 113. The highest BCUT2D eigenvalue weighted by atomic mass is 17.2. The molecule has 4 N–H and O–H groups in total. The molecule has 0 aliphatic heterocycles. The Balaban J connectivity index is 0.000000519. The standard InChI is InChI=1S/C17H22O8.C16H28O6.C15H21NO6/c1-4-17(2,3)16(22)23-7-8-24-25-10-12-9-11(14(18)19)5-6-13(12)15(20)21;1-4-16(2,3)15(19)20-9-10-21-22-11-12-7-5-6-8-13(12)14(17)18;1-4-15(2,3)14(19)20-8-9-21-22-10-12-11(13(17)18)6-5-7-16-12/h5-6,9H,4,7-8,10H2,1-3H3,(H,18,19)(H,20,21);12-13H,4-11H2,1-3H3,(H,17,18);5-7H,4,8-10H2,1-3H3,(H,17,18). The Labute approximate surface area is 402 Å². The number of nitrogens with zero attached hydrogens (tertiary/aromatic N) is 1. The van der Waals surface area contributed by atoms with Gasteiger partial charge in [0.25, 0.3) is 0 Å². The Morgan fingerprint density at radius 1 is 0.565 bits per heavy atom. The van der Waals surface area contributed by atoms with Crippen LogP contribution in [-0.2, 0) is 75.9 Å². The number of hydrogen-bond acceptors (Lipinski definition) is 17. The summed E-state index contributed by atoms with van der Waals surface area (Å²) < 4.78 is 15.2. The predicted octanol–water partition coefficient (Wildman–Crippen LogP) is 7.52. The number of ether oxygens (including phenoxy) is 3. The number of carbonyl (C=O) groups excluding carboxylic acids is 3. The van der Waals surface area contributed by atoms with Crippen molar-refractivity contribution in [3.05, 3.63) is 64.5 Å². The lowest BCUT2D eigenvalue weighted by Gasteiger charge is -2.27. The molecule has 21 nitrogen and oxygen atoms in total. The second-order valence-corrected chi connectivity index (χ2v) is 17.7. The zero-order chi connectivity index (χ0) is 52.2. The molecular formula is C48H71NO20. The molecule has 0 amide bonds. The van der Waals surface area contributed by atoms with Gasteiger partial charge in [0, 0.05) is 6.20 Å². The number of rotatable bonds is 28. The number of hydrogen-bond donors (Lipinski definition) is 4. The third kappa shape index (κ3) is 23.1. The van der Waals surface area contributed by atoms with Gasteiger partial charge in [-0.05, 0) is 115 Å². The van der Waals surface area contributed by atoms with Crippen molar-refractivity contribution in [2.45, 2.75) is 120 Å². The highest BCUT2D eigenvalue weighted by Crippen LogP contribution is 2.30. The van der Waals surface area contributed by atoms with E-state index in [4.69, 9.17) is 64.0 Å². The van der Waals surface area contributed by atoms with Gasteiger partial charge in [0.2, 0.25) is 0 Å². The Bertz CT molecular complexity index is 1950. The maximum absolute atomic E-state index is 11.7. The monoisotopic (exact) mass is 981 g/mol. The van der Waals surface area contributed by atoms with E-state index in [0.29, 0.717) is 25.7 Å². The molecule has 69 heavy (non-hydrogen) atoms. The first-order valence-electron chi connectivity index (χ1n) is 22.7. The minimum atomic E-state index is -1.20. The van der Waals surface area contributed by atoms with Gasteiger partial charge < -0.3 is 34.6 Å². The third-order valence-corrected chi connectivity index (χ3v) is 11.4. The van der Waals surface area contributed by atoms with Crippen molar-refractivity contribution >= 4 is 41.8 Å². The lowest BCUT2D eigenvalue weighted by Crippen LogP contribution is -2.30. The maximum Gasteiger partial charge on any atom is 0.337 e. The molecule has 1 heterocycles. The van der Waals surface area contributed by atoms with E-state index in [1.807, 2.05) is 34.6 Å². The van der Waals surface area contributed by atoms with Crippen LogP contribution < -0.4 is 0 Å². The predicted molar refractivity (Wildman–Crippen MR) is 243 cm³/mol. The molecule has 0 spiro atoms. The summed E-state index contributed by atoms with van der Waals surface area (Å²) >= 11 is 0. The second-order valence-electron chi connectivity index (χ2n) is 17.7. The van der Waals surface area contributed by atoms with Crippen LogP contribution in [0.5, 0.6) is 0 Å². The highest BCUT2D eigenvalue weighted by Gasteiger charge is 2.32. The molecule has 2 aromatic rings. The summed E-state index contributed by atoms with van der Waals surface area (Å²) in [6.07, 6.45) is 7.04. The summed E-state index contributed by atoms with van der Waals surface area (Å²) in [6.45, 7) is 16.8. The number of esters is 3. The van der Waals surface area contributed by atoms with E-state index >= 15 is 0 Å². The minimum absolute atomic E-state index is 0.00664. The van der Waals surface area contributed by atoms with Crippen molar-refractivity contribution in [1.29, 1.82) is 0 Å². The van der Waals surface area contributed by atoms with Crippen LogP contribution in [0.1, 0.15) is 150 Å². The van der Waals surface area contributed by atoms with Crippen LogP contribution in [0.15, 0.2) is 36.5 Å². The molecule has 1 aliphatic carbocycles. The van der Waals surface area contributed by atoms with Gasteiger partial charge in [-0.1, -0.05) is 33.6 Å². The fraction of sp³-hybridized carbons (Fsp3) is 0.625. The van der Waals surface area contributed by atoms with Gasteiger partial charge in [0.1, 0.15) is 52.9 Å². The van der Waals surface area contributed by atoms with Gasteiger partial charge in [0.15, 0.2) is 0 Å². The molecule has 1 aromatic carbocycles. The molecule has 2 unspecified atom stereocenters. The average Bonchev–Trinajstić information content (AvgIpc) is 3.32. The van der Waals surface area contributed by atoms with Gasteiger partial charge in [-0.25, -0.2) is 43.7 Å². The second kappa shape index (κ2) is 31.5. The molecule has 1 aliphatic rings. The summed E-state index contributed by atoms with van der Waals surface area (Å²) in [5.41, 5.74) is -1.24. The van der Waals surface area contributed by atoms with Crippen LogP contribution in [0, 0.1) is 28.1 Å². The van der Waals surface area contributed by atoms with E-state index in [1.165, 1.54) is 36.5 Å².